The molecule has 0 bridgehead atoms. The van der Waals surface area contributed by atoms with Gasteiger partial charge in [-0.05, 0) is 48.0 Å². The number of aromatic amines is 1. The number of nitrogens with one attached hydrogen (secondary N) is 1. The van der Waals surface area contributed by atoms with Crippen molar-refractivity contribution in [2.24, 2.45) is 4.99 Å². The van der Waals surface area contributed by atoms with Gasteiger partial charge in [0.15, 0.2) is 0 Å². The van der Waals surface area contributed by atoms with Crippen molar-refractivity contribution in [3.05, 3.63) is 110 Å². The summed E-state index contributed by atoms with van der Waals surface area (Å²) in [4.78, 5) is 33.5. The van der Waals surface area contributed by atoms with Crippen LogP contribution in [0.15, 0.2) is 92.3 Å². The molecule has 1 aliphatic heterocycles. The number of halogens is 1. The zero-order valence-electron chi connectivity index (χ0n) is 17.6. The Balaban J connectivity index is 1.71. The molecule has 1 aliphatic rings. The zero-order valence-corrected chi connectivity index (χ0v) is 19.2. The SMILES string of the molecule is O=c1[nH]c(=O)n(-c2cccc(Cl)c2)c(O)c1C1=Nc2ccccc2S[C@@H](c2ccc(O)cc2)C1. The van der Waals surface area contributed by atoms with Crippen LogP contribution < -0.4 is 11.2 Å². The van der Waals surface area contributed by atoms with E-state index in [9.17, 15) is 19.8 Å². The standard InChI is InChI=1S/C25H18ClN3O4S/c26-15-4-3-5-16(12-15)29-24(32)22(23(31)28-25(29)33)19-13-21(14-8-10-17(30)11-9-14)34-20-7-2-1-6-18(20)27-19/h1-12,21,30,32H,13H2,(H,28,31,33)/t21-/m1/s1. The van der Waals surface area contributed by atoms with Crippen molar-refractivity contribution in [1.29, 1.82) is 0 Å². The van der Waals surface area contributed by atoms with Gasteiger partial charge in [0.05, 0.1) is 17.1 Å². The molecule has 3 aromatic carbocycles. The lowest BCUT2D eigenvalue weighted by molar-refractivity contribution is 0.429. The third kappa shape index (κ3) is 4.13. The molecular weight excluding hydrogens is 474 g/mol. The van der Waals surface area contributed by atoms with Crippen LogP contribution in [0.5, 0.6) is 11.6 Å². The highest BCUT2D eigenvalue weighted by molar-refractivity contribution is 7.99. The van der Waals surface area contributed by atoms with Gasteiger partial charge in [-0.2, -0.15) is 0 Å². The van der Waals surface area contributed by atoms with E-state index in [-0.39, 0.29) is 16.6 Å². The van der Waals surface area contributed by atoms with E-state index in [0.717, 1.165) is 15.0 Å². The summed E-state index contributed by atoms with van der Waals surface area (Å²) >= 11 is 7.66. The first-order chi connectivity index (χ1) is 16.4. The summed E-state index contributed by atoms with van der Waals surface area (Å²) in [5.74, 6) is -0.358. The molecule has 0 fully saturated rings. The topological polar surface area (TPSA) is 108 Å². The summed E-state index contributed by atoms with van der Waals surface area (Å²) < 4.78 is 1.00. The summed E-state index contributed by atoms with van der Waals surface area (Å²) in [6.45, 7) is 0. The summed E-state index contributed by atoms with van der Waals surface area (Å²) in [5.41, 5.74) is 0.632. The third-order valence-corrected chi connectivity index (χ3v) is 7.03. The van der Waals surface area contributed by atoms with E-state index in [1.165, 1.54) is 6.07 Å². The van der Waals surface area contributed by atoms with Crippen molar-refractivity contribution in [2.45, 2.75) is 16.6 Å². The molecule has 7 nitrogen and oxygen atoms in total. The number of hydrogen-bond donors (Lipinski definition) is 3. The molecule has 170 valence electrons. The fourth-order valence-electron chi connectivity index (χ4n) is 3.88. The maximum absolute atomic E-state index is 12.9. The van der Waals surface area contributed by atoms with Crippen LogP contribution in [0.25, 0.3) is 5.69 Å². The van der Waals surface area contributed by atoms with E-state index in [1.54, 1.807) is 42.1 Å². The molecule has 0 saturated heterocycles. The van der Waals surface area contributed by atoms with Gasteiger partial charge in [-0.3, -0.25) is 14.8 Å². The van der Waals surface area contributed by atoms with Gasteiger partial charge in [0.1, 0.15) is 11.3 Å². The van der Waals surface area contributed by atoms with Gasteiger partial charge in [-0.15, -0.1) is 11.8 Å². The lowest BCUT2D eigenvalue weighted by atomic mass is 10.0. The van der Waals surface area contributed by atoms with Crippen LogP contribution >= 0.6 is 23.4 Å². The third-order valence-electron chi connectivity index (χ3n) is 5.47. The van der Waals surface area contributed by atoms with Gasteiger partial charge in [0.2, 0.25) is 5.88 Å². The van der Waals surface area contributed by atoms with Gasteiger partial charge in [-0.1, -0.05) is 41.9 Å². The second-order valence-electron chi connectivity index (χ2n) is 7.70. The Bertz CT molecular complexity index is 1540. The number of aliphatic imine (C=N–C) groups is 1. The minimum atomic E-state index is -0.785. The van der Waals surface area contributed by atoms with Gasteiger partial charge >= 0.3 is 5.69 Å². The molecule has 0 amide bonds. The van der Waals surface area contributed by atoms with Crippen LogP contribution in [0.2, 0.25) is 5.02 Å². The molecule has 2 heterocycles. The van der Waals surface area contributed by atoms with E-state index in [2.05, 4.69) is 4.98 Å². The molecule has 4 aromatic rings. The summed E-state index contributed by atoms with van der Waals surface area (Å²) in [5, 5.41) is 21.1. The Labute approximate surface area is 203 Å². The van der Waals surface area contributed by atoms with Crippen LogP contribution in [0, 0.1) is 0 Å². The van der Waals surface area contributed by atoms with Crippen LogP contribution in [-0.4, -0.2) is 25.5 Å². The van der Waals surface area contributed by atoms with Gasteiger partial charge in [0, 0.05) is 21.6 Å². The van der Waals surface area contributed by atoms with Crippen LogP contribution in [0.4, 0.5) is 5.69 Å². The normalized spacial score (nSPS) is 15.3. The number of aromatic nitrogens is 2. The van der Waals surface area contributed by atoms with Crippen molar-refractivity contribution < 1.29 is 10.2 Å². The lowest BCUT2D eigenvalue weighted by Crippen LogP contribution is -2.33. The van der Waals surface area contributed by atoms with Gasteiger partial charge in [0.25, 0.3) is 5.56 Å². The largest absolute Gasteiger partial charge is 0.508 e. The highest BCUT2D eigenvalue weighted by Gasteiger charge is 2.27. The Morgan fingerprint density at radius 2 is 1.76 bits per heavy atom. The molecule has 3 N–H and O–H groups in total. The quantitative estimate of drug-likeness (QED) is 0.376. The first-order valence-corrected chi connectivity index (χ1v) is 11.6. The summed E-state index contributed by atoms with van der Waals surface area (Å²) in [6.07, 6.45) is 0.300. The molecule has 5 rings (SSSR count). The van der Waals surface area contributed by atoms with E-state index in [4.69, 9.17) is 16.6 Å². The monoisotopic (exact) mass is 491 g/mol. The number of H-pyrrole nitrogens is 1. The summed E-state index contributed by atoms with van der Waals surface area (Å²) in [7, 11) is 0. The Kier molecular flexibility index (Phi) is 5.77. The molecule has 0 unspecified atom stereocenters. The number of aromatic hydroxyl groups is 2. The molecular formula is C25H18ClN3O4S. The first kappa shape index (κ1) is 22.1. The maximum Gasteiger partial charge on any atom is 0.335 e. The predicted molar refractivity (Wildman–Crippen MR) is 133 cm³/mol. The maximum atomic E-state index is 12.9. The smallest absolute Gasteiger partial charge is 0.335 e. The fourth-order valence-corrected chi connectivity index (χ4v) is 5.30. The predicted octanol–water partition coefficient (Wildman–Crippen LogP) is 4.95. The van der Waals surface area contributed by atoms with Crippen LogP contribution in [0.3, 0.4) is 0 Å². The number of nitrogens with zero attached hydrogens (tertiary/aromatic N) is 2. The molecule has 9 heteroatoms. The number of fused-ring (bicyclic) bond motifs is 1. The number of rotatable bonds is 3. The average Bonchev–Trinajstić information content (AvgIpc) is 2.99. The van der Waals surface area contributed by atoms with Crippen LogP contribution in [0.1, 0.15) is 22.8 Å². The van der Waals surface area contributed by atoms with E-state index in [0.29, 0.717) is 28.5 Å². The fraction of sp³-hybridized carbons (Fsp3) is 0.0800. The Morgan fingerprint density at radius 3 is 2.53 bits per heavy atom. The number of phenolic OH excluding ortho intramolecular Hbond substituents is 1. The first-order valence-electron chi connectivity index (χ1n) is 10.4. The molecule has 1 aromatic heterocycles. The van der Waals surface area contributed by atoms with Crippen LogP contribution in [-0.2, 0) is 0 Å². The lowest BCUT2D eigenvalue weighted by Gasteiger charge is -2.17. The zero-order chi connectivity index (χ0) is 23.8. The minimum absolute atomic E-state index is 0.0827. The molecule has 0 aliphatic carbocycles. The second-order valence-corrected chi connectivity index (χ2v) is 9.38. The Hall–Kier alpha value is -3.75. The van der Waals surface area contributed by atoms with E-state index >= 15 is 0 Å². The molecule has 0 saturated carbocycles. The number of thioether (sulfide) groups is 1. The van der Waals surface area contributed by atoms with Crippen molar-refractivity contribution in [3.8, 4) is 17.3 Å². The van der Waals surface area contributed by atoms with Crippen molar-refractivity contribution in [1.82, 2.24) is 9.55 Å². The second kappa shape index (κ2) is 8.89. The molecule has 1 atom stereocenters. The molecule has 0 spiro atoms. The van der Waals surface area contributed by atoms with E-state index in [1.807, 2.05) is 36.4 Å². The minimum Gasteiger partial charge on any atom is -0.508 e. The number of benzene rings is 3. The van der Waals surface area contributed by atoms with E-state index < -0.39 is 17.1 Å². The molecule has 0 radical (unpaired) electrons. The summed E-state index contributed by atoms with van der Waals surface area (Å²) in [6, 6.07) is 20.8. The average molecular weight is 492 g/mol. The number of para-hydroxylation sites is 1. The van der Waals surface area contributed by atoms with Crippen molar-refractivity contribution in [3.63, 3.8) is 0 Å². The number of phenols is 1. The van der Waals surface area contributed by atoms with Crippen molar-refractivity contribution >= 4 is 34.8 Å². The highest BCUT2D eigenvalue weighted by atomic mass is 35.5. The van der Waals surface area contributed by atoms with Gasteiger partial charge in [-0.25, -0.2) is 9.36 Å². The highest BCUT2D eigenvalue weighted by Crippen LogP contribution is 2.46. The van der Waals surface area contributed by atoms with Gasteiger partial charge < -0.3 is 10.2 Å². The Morgan fingerprint density at radius 1 is 1.00 bits per heavy atom. The molecule has 34 heavy (non-hydrogen) atoms. The van der Waals surface area contributed by atoms with Crippen molar-refractivity contribution in [2.75, 3.05) is 0 Å². The number of hydrogen-bond acceptors (Lipinski definition) is 6.